The van der Waals surface area contributed by atoms with Gasteiger partial charge in [0, 0.05) is 7.11 Å². The van der Waals surface area contributed by atoms with E-state index in [9.17, 15) is 0 Å². The topological polar surface area (TPSA) is 46.2 Å². The molecule has 0 bridgehead atoms. The van der Waals surface area contributed by atoms with Crippen molar-refractivity contribution in [3.05, 3.63) is 108 Å². The van der Waals surface area contributed by atoms with Gasteiger partial charge in [-0.05, 0) is 16.7 Å². The Morgan fingerprint density at radius 1 is 0.647 bits per heavy atom. The lowest BCUT2D eigenvalue weighted by Crippen LogP contribution is -2.59. The molecule has 4 rings (SSSR count). The Hall–Kier alpha value is -2.06. The van der Waals surface area contributed by atoms with Crippen molar-refractivity contribution < 1.29 is 23.7 Å². The van der Waals surface area contributed by atoms with Crippen LogP contribution < -0.4 is 0 Å². The first-order chi connectivity index (χ1) is 16.7. The normalized spacial score (nSPS) is 24.7. The molecular weight excluding hydrogens is 496 g/mol. The van der Waals surface area contributed by atoms with Crippen molar-refractivity contribution in [1.29, 1.82) is 0 Å². The quantitative estimate of drug-likeness (QED) is 0.308. The first kappa shape index (κ1) is 25.0. The molecule has 0 aliphatic carbocycles. The molecule has 180 valence electrons. The molecule has 6 heteroatoms. The molecule has 3 aromatic rings. The number of hydrogen-bond acceptors (Lipinski definition) is 5. The number of rotatable bonds is 11. The molecule has 0 N–H and O–H groups in total. The fourth-order valence-electron chi connectivity index (χ4n) is 4.05. The molecule has 1 saturated heterocycles. The number of hydrogen-bond donors (Lipinski definition) is 0. The highest BCUT2D eigenvalue weighted by atomic mass is 79.9. The molecule has 1 heterocycles. The maximum absolute atomic E-state index is 6.42. The molecule has 0 aromatic heterocycles. The molecule has 0 saturated carbocycles. The fraction of sp³-hybridized carbons (Fsp3) is 0.357. The molecule has 0 amide bonds. The van der Waals surface area contributed by atoms with Gasteiger partial charge in [-0.2, -0.15) is 0 Å². The molecular formula is C28H31BrO5. The predicted octanol–water partition coefficient (Wildman–Crippen LogP) is 5.51. The summed E-state index contributed by atoms with van der Waals surface area (Å²) in [7, 11) is 1.68. The number of ether oxygens (including phenoxy) is 5. The monoisotopic (exact) mass is 526 g/mol. The molecule has 1 fully saturated rings. The summed E-state index contributed by atoms with van der Waals surface area (Å²) < 4.78 is 30.9. The number of methoxy groups -OCH3 is 1. The van der Waals surface area contributed by atoms with E-state index < -0.39 is 0 Å². The summed E-state index contributed by atoms with van der Waals surface area (Å²) in [6.07, 6.45) is -1.37. The van der Waals surface area contributed by atoms with Crippen molar-refractivity contribution in [2.75, 3.05) is 13.7 Å². The van der Waals surface area contributed by atoms with E-state index in [4.69, 9.17) is 23.7 Å². The average Bonchev–Trinajstić information content (AvgIpc) is 2.88. The van der Waals surface area contributed by atoms with Crippen LogP contribution in [-0.2, 0) is 43.5 Å². The second-order valence-electron chi connectivity index (χ2n) is 8.25. The molecule has 0 radical (unpaired) electrons. The summed E-state index contributed by atoms with van der Waals surface area (Å²) in [6.45, 7) is 1.79. The van der Waals surface area contributed by atoms with Crippen LogP contribution in [-0.4, -0.2) is 43.1 Å². The van der Waals surface area contributed by atoms with Gasteiger partial charge in [-0.15, -0.1) is 0 Å². The lowest BCUT2D eigenvalue weighted by Gasteiger charge is -2.44. The Labute approximate surface area is 210 Å². The van der Waals surface area contributed by atoms with E-state index in [1.807, 2.05) is 91.0 Å². The molecule has 1 aliphatic rings. The van der Waals surface area contributed by atoms with Crippen LogP contribution in [0.5, 0.6) is 0 Å². The van der Waals surface area contributed by atoms with Crippen LogP contribution in [0.2, 0.25) is 0 Å². The van der Waals surface area contributed by atoms with Crippen LogP contribution in [0.1, 0.15) is 16.7 Å². The van der Waals surface area contributed by atoms with E-state index in [0.717, 1.165) is 16.7 Å². The largest absolute Gasteiger partial charge is 0.376 e. The summed E-state index contributed by atoms with van der Waals surface area (Å²) in [4.78, 5) is 0. The summed E-state index contributed by atoms with van der Waals surface area (Å²) in [5, 5.41) is -0.367. The Kier molecular flexibility index (Phi) is 9.68. The van der Waals surface area contributed by atoms with Gasteiger partial charge in [0.1, 0.15) is 29.4 Å². The molecule has 3 aromatic carbocycles. The highest BCUT2D eigenvalue weighted by molar-refractivity contribution is 9.09. The highest BCUT2D eigenvalue weighted by Gasteiger charge is 2.47. The lowest BCUT2D eigenvalue weighted by molar-refractivity contribution is -0.245. The number of benzene rings is 3. The van der Waals surface area contributed by atoms with Crippen LogP contribution in [0.15, 0.2) is 91.0 Å². The minimum atomic E-state index is -0.367. The molecule has 5 atom stereocenters. The van der Waals surface area contributed by atoms with Gasteiger partial charge in [-0.25, -0.2) is 0 Å². The van der Waals surface area contributed by atoms with Crippen molar-refractivity contribution >= 4 is 15.9 Å². The Morgan fingerprint density at radius 3 is 1.62 bits per heavy atom. The van der Waals surface area contributed by atoms with E-state index in [1.54, 1.807) is 7.11 Å². The summed E-state index contributed by atoms with van der Waals surface area (Å²) in [5.74, 6) is 0. The average molecular weight is 527 g/mol. The van der Waals surface area contributed by atoms with Crippen molar-refractivity contribution in [2.24, 2.45) is 0 Å². The summed E-state index contributed by atoms with van der Waals surface area (Å²) >= 11 is 3.69. The Bertz CT molecular complexity index is 956. The zero-order valence-corrected chi connectivity index (χ0v) is 20.9. The van der Waals surface area contributed by atoms with Gasteiger partial charge in [-0.3, -0.25) is 0 Å². The van der Waals surface area contributed by atoms with E-state index in [-0.39, 0.29) is 29.4 Å². The molecule has 1 aliphatic heterocycles. The van der Waals surface area contributed by atoms with Crippen molar-refractivity contribution in [3.63, 3.8) is 0 Å². The van der Waals surface area contributed by atoms with Gasteiger partial charge in [0.25, 0.3) is 0 Å². The summed E-state index contributed by atoms with van der Waals surface area (Å²) in [6, 6.07) is 30.3. The van der Waals surface area contributed by atoms with Gasteiger partial charge in [0.15, 0.2) is 0 Å². The van der Waals surface area contributed by atoms with Crippen molar-refractivity contribution in [1.82, 2.24) is 0 Å². The third kappa shape index (κ3) is 6.98. The smallest absolute Gasteiger partial charge is 0.141 e. The molecule has 5 nitrogen and oxygen atoms in total. The second-order valence-corrected chi connectivity index (χ2v) is 9.15. The molecule has 34 heavy (non-hydrogen) atoms. The minimum absolute atomic E-state index is 0.310. The molecule has 1 unspecified atom stereocenters. The third-order valence-corrected chi connectivity index (χ3v) is 6.55. The lowest BCUT2D eigenvalue weighted by atomic mass is 9.99. The van der Waals surface area contributed by atoms with Gasteiger partial charge in [0.05, 0.1) is 26.4 Å². The predicted molar refractivity (Wildman–Crippen MR) is 135 cm³/mol. The van der Waals surface area contributed by atoms with Crippen LogP contribution in [0.4, 0.5) is 0 Å². The maximum Gasteiger partial charge on any atom is 0.141 e. The van der Waals surface area contributed by atoms with Crippen molar-refractivity contribution in [2.45, 2.75) is 49.2 Å². The van der Waals surface area contributed by atoms with Gasteiger partial charge >= 0.3 is 0 Å². The standard InChI is InChI=1S/C28H31BrO5/c1-30-25-24(20-31-17-21-11-5-2-6-12-21)34-28(29)27(33-19-23-15-9-4-10-16-23)26(25)32-18-22-13-7-3-8-14-22/h2-16,24-28H,17-20H2,1H3/t24-,25-,26+,27-,28?/m1/s1. The van der Waals surface area contributed by atoms with E-state index >= 15 is 0 Å². The first-order valence-corrected chi connectivity index (χ1v) is 12.4. The Morgan fingerprint density at radius 2 is 1.12 bits per heavy atom. The van der Waals surface area contributed by atoms with Crippen LogP contribution >= 0.6 is 15.9 Å². The van der Waals surface area contributed by atoms with E-state index in [1.165, 1.54) is 0 Å². The van der Waals surface area contributed by atoms with Gasteiger partial charge in [-0.1, -0.05) is 107 Å². The van der Waals surface area contributed by atoms with E-state index in [0.29, 0.717) is 26.4 Å². The SMILES string of the molecule is CO[C@H]1[C@H](OCc2ccccc2)[C@@H](OCc2ccccc2)C(Br)O[C@@H]1COCc1ccccc1. The number of alkyl halides is 1. The highest BCUT2D eigenvalue weighted by Crippen LogP contribution is 2.32. The van der Waals surface area contributed by atoms with Gasteiger partial charge < -0.3 is 23.7 Å². The zero-order valence-electron chi connectivity index (χ0n) is 19.3. The third-order valence-electron chi connectivity index (χ3n) is 5.81. The zero-order chi connectivity index (χ0) is 23.6. The van der Waals surface area contributed by atoms with E-state index in [2.05, 4.69) is 15.9 Å². The maximum atomic E-state index is 6.42. The van der Waals surface area contributed by atoms with Crippen LogP contribution in [0.3, 0.4) is 0 Å². The minimum Gasteiger partial charge on any atom is -0.376 e. The number of halogens is 1. The second kappa shape index (κ2) is 13.1. The van der Waals surface area contributed by atoms with Crippen molar-refractivity contribution in [3.8, 4) is 0 Å². The van der Waals surface area contributed by atoms with Crippen LogP contribution in [0.25, 0.3) is 0 Å². The fourth-order valence-corrected chi connectivity index (χ4v) is 4.78. The summed E-state index contributed by atoms with van der Waals surface area (Å²) in [5.41, 5.74) is 3.29. The Balaban J connectivity index is 1.45. The van der Waals surface area contributed by atoms with Gasteiger partial charge in [0.2, 0.25) is 0 Å². The first-order valence-electron chi connectivity index (χ1n) is 11.5. The van der Waals surface area contributed by atoms with Crippen LogP contribution in [0, 0.1) is 0 Å². The molecule has 0 spiro atoms.